The Labute approximate surface area is 153 Å². The molecule has 2 aliphatic rings. The summed E-state index contributed by atoms with van der Waals surface area (Å²) in [4.78, 5) is 0. The normalized spacial score (nSPS) is 38.9. The highest BCUT2D eigenvalue weighted by Gasteiger charge is 2.43. The van der Waals surface area contributed by atoms with Crippen molar-refractivity contribution in [2.45, 2.75) is 78.9 Å². The lowest BCUT2D eigenvalue weighted by Crippen LogP contribution is -2.41. The number of hydrogen-bond donors (Lipinski definition) is 1. The van der Waals surface area contributed by atoms with Crippen molar-refractivity contribution in [2.24, 2.45) is 11.3 Å². The molecule has 1 N–H and O–H groups in total. The maximum atomic E-state index is 11.0. The van der Waals surface area contributed by atoms with Gasteiger partial charge in [-0.25, -0.2) is 0 Å². The number of ether oxygens (including phenoxy) is 2. The van der Waals surface area contributed by atoms with Gasteiger partial charge < -0.3 is 14.6 Å². The molecular weight excluding hydrogens is 312 g/mol. The SMILES string of the molecule is COCO[C@H]1C[C@@H](C)[C@@]2(C)CC/C(C)=C/CC/C(C)=C/[C@H](O)C1=C2C. The van der Waals surface area contributed by atoms with E-state index in [4.69, 9.17) is 9.47 Å². The van der Waals surface area contributed by atoms with Crippen LogP contribution in [0.3, 0.4) is 0 Å². The van der Waals surface area contributed by atoms with Crippen LogP contribution < -0.4 is 0 Å². The molecule has 0 aliphatic heterocycles. The third-order valence-corrected chi connectivity index (χ3v) is 6.51. The molecule has 0 unspecified atom stereocenters. The number of rotatable bonds is 3. The summed E-state index contributed by atoms with van der Waals surface area (Å²) in [6.45, 7) is 11.5. The Morgan fingerprint density at radius 2 is 1.92 bits per heavy atom. The van der Waals surface area contributed by atoms with Crippen molar-refractivity contribution in [1.82, 2.24) is 0 Å². The average Bonchev–Trinajstić information content (AvgIpc) is 2.55. The van der Waals surface area contributed by atoms with Crippen molar-refractivity contribution >= 4 is 0 Å². The van der Waals surface area contributed by atoms with Crippen LogP contribution in [0.4, 0.5) is 0 Å². The minimum atomic E-state index is -0.571. The van der Waals surface area contributed by atoms with Gasteiger partial charge in [0.2, 0.25) is 0 Å². The molecule has 2 aliphatic carbocycles. The van der Waals surface area contributed by atoms with E-state index >= 15 is 0 Å². The first kappa shape index (κ1) is 20.4. The van der Waals surface area contributed by atoms with Crippen molar-refractivity contribution in [1.29, 1.82) is 0 Å². The zero-order valence-electron chi connectivity index (χ0n) is 16.9. The second-order valence-corrected chi connectivity index (χ2v) is 8.24. The Hall–Kier alpha value is -0.900. The average molecular weight is 349 g/mol. The fourth-order valence-corrected chi connectivity index (χ4v) is 4.35. The molecule has 0 spiro atoms. The van der Waals surface area contributed by atoms with Crippen LogP contribution in [0, 0.1) is 11.3 Å². The van der Waals surface area contributed by atoms with Gasteiger partial charge in [-0.1, -0.05) is 42.7 Å². The summed E-state index contributed by atoms with van der Waals surface area (Å²) in [7, 11) is 1.65. The van der Waals surface area contributed by atoms with E-state index in [0.29, 0.717) is 5.92 Å². The van der Waals surface area contributed by atoms with Crippen LogP contribution >= 0.6 is 0 Å². The monoisotopic (exact) mass is 348 g/mol. The lowest BCUT2D eigenvalue weighted by molar-refractivity contribution is -0.0791. The number of aliphatic hydroxyl groups is 1. The van der Waals surface area contributed by atoms with Gasteiger partial charge in [-0.05, 0) is 69.8 Å². The maximum Gasteiger partial charge on any atom is 0.147 e. The highest BCUT2D eigenvalue weighted by Crippen LogP contribution is 2.50. The Balaban J connectivity index is 2.49. The molecule has 25 heavy (non-hydrogen) atoms. The maximum absolute atomic E-state index is 11.0. The number of aliphatic hydroxyl groups excluding tert-OH is 1. The minimum absolute atomic E-state index is 0.0679. The van der Waals surface area contributed by atoms with Crippen molar-refractivity contribution in [3.8, 4) is 0 Å². The molecule has 0 aromatic rings. The zero-order valence-corrected chi connectivity index (χ0v) is 16.9. The fraction of sp³-hybridized carbons (Fsp3) is 0.727. The molecular formula is C22H36O3. The van der Waals surface area contributed by atoms with E-state index in [1.807, 2.05) is 6.08 Å². The third kappa shape index (κ3) is 4.64. The lowest BCUT2D eigenvalue weighted by atomic mass is 9.61. The van der Waals surface area contributed by atoms with Gasteiger partial charge in [-0.15, -0.1) is 0 Å². The van der Waals surface area contributed by atoms with Crippen LogP contribution in [-0.4, -0.2) is 31.2 Å². The van der Waals surface area contributed by atoms with Crippen LogP contribution in [0.2, 0.25) is 0 Å². The molecule has 0 radical (unpaired) electrons. The Kier molecular flexibility index (Phi) is 7.07. The first-order valence-corrected chi connectivity index (χ1v) is 9.62. The zero-order chi connectivity index (χ0) is 18.6. The molecule has 2 rings (SSSR count). The summed E-state index contributed by atoms with van der Waals surface area (Å²) in [5.74, 6) is 0.506. The Morgan fingerprint density at radius 3 is 2.60 bits per heavy atom. The molecule has 0 amide bonds. The van der Waals surface area contributed by atoms with Gasteiger partial charge in [0.15, 0.2) is 0 Å². The van der Waals surface area contributed by atoms with Crippen molar-refractivity contribution in [2.75, 3.05) is 13.9 Å². The van der Waals surface area contributed by atoms with E-state index in [2.05, 4.69) is 40.7 Å². The van der Waals surface area contributed by atoms with E-state index in [1.165, 1.54) is 16.7 Å². The van der Waals surface area contributed by atoms with Gasteiger partial charge in [-0.3, -0.25) is 0 Å². The molecule has 0 heterocycles. The molecule has 0 aromatic heterocycles. The van der Waals surface area contributed by atoms with Crippen LogP contribution in [-0.2, 0) is 9.47 Å². The highest BCUT2D eigenvalue weighted by atomic mass is 16.7. The Bertz CT molecular complexity index is 558. The van der Waals surface area contributed by atoms with E-state index in [9.17, 15) is 5.11 Å². The molecule has 142 valence electrons. The van der Waals surface area contributed by atoms with Crippen molar-refractivity contribution in [3.05, 3.63) is 34.4 Å². The largest absolute Gasteiger partial charge is 0.385 e. The predicted molar refractivity (Wildman–Crippen MR) is 103 cm³/mol. The molecule has 2 bridgehead atoms. The van der Waals surface area contributed by atoms with Crippen LogP contribution in [0.15, 0.2) is 34.4 Å². The van der Waals surface area contributed by atoms with Gasteiger partial charge in [0.05, 0.1) is 12.2 Å². The molecule has 0 fully saturated rings. The van der Waals surface area contributed by atoms with E-state index in [-0.39, 0.29) is 18.3 Å². The summed E-state index contributed by atoms with van der Waals surface area (Å²) in [6, 6.07) is 0. The molecule has 4 atom stereocenters. The molecule has 0 aromatic carbocycles. The molecule has 0 saturated heterocycles. The summed E-state index contributed by atoms with van der Waals surface area (Å²) in [5.41, 5.74) is 5.17. The highest BCUT2D eigenvalue weighted by molar-refractivity contribution is 5.34. The molecule has 0 saturated carbocycles. The van der Waals surface area contributed by atoms with Gasteiger partial charge in [0.25, 0.3) is 0 Å². The van der Waals surface area contributed by atoms with E-state index < -0.39 is 6.10 Å². The summed E-state index contributed by atoms with van der Waals surface area (Å²) < 4.78 is 11.1. The second-order valence-electron chi connectivity index (χ2n) is 8.24. The Morgan fingerprint density at radius 1 is 1.20 bits per heavy atom. The van der Waals surface area contributed by atoms with Crippen LogP contribution in [0.1, 0.15) is 66.7 Å². The molecule has 3 nitrogen and oxygen atoms in total. The topological polar surface area (TPSA) is 38.7 Å². The smallest absolute Gasteiger partial charge is 0.147 e. The number of allylic oxidation sites excluding steroid dienone is 4. The first-order chi connectivity index (χ1) is 11.8. The van der Waals surface area contributed by atoms with Gasteiger partial charge in [0, 0.05) is 7.11 Å². The van der Waals surface area contributed by atoms with E-state index in [0.717, 1.165) is 37.7 Å². The minimum Gasteiger partial charge on any atom is -0.385 e. The lowest BCUT2D eigenvalue weighted by Gasteiger charge is -2.46. The fourth-order valence-electron chi connectivity index (χ4n) is 4.35. The van der Waals surface area contributed by atoms with E-state index in [1.54, 1.807) is 7.11 Å². The van der Waals surface area contributed by atoms with Gasteiger partial charge >= 0.3 is 0 Å². The second kappa shape index (κ2) is 8.66. The van der Waals surface area contributed by atoms with Gasteiger partial charge in [-0.2, -0.15) is 0 Å². The quantitative estimate of drug-likeness (QED) is 0.565. The summed E-state index contributed by atoms with van der Waals surface area (Å²) in [6.07, 6.45) is 8.97. The number of fused-ring (bicyclic) bond motifs is 1. The summed E-state index contributed by atoms with van der Waals surface area (Å²) in [5, 5.41) is 11.0. The van der Waals surface area contributed by atoms with Crippen molar-refractivity contribution in [3.63, 3.8) is 0 Å². The first-order valence-electron chi connectivity index (χ1n) is 9.62. The molecule has 3 heteroatoms. The summed E-state index contributed by atoms with van der Waals surface area (Å²) >= 11 is 0. The number of hydrogen-bond acceptors (Lipinski definition) is 3. The standard InChI is InChI=1S/C22H36O3/c1-15-8-7-9-16(2)12-19(23)21-18(4)22(5,11-10-15)17(3)13-20(21)25-14-24-6/h8,12,17,19-20,23H,7,9-11,13-14H2,1-6H3/b15-8+,16-12+/t17-,19+,20+,22-/m1/s1. The van der Waals surface area contributed by atoms with Crippen LogP contribution in [0.25, 0.3) is 0 Å². The number of methoxy groups -OCH3 is 1. The van der Waals surface area contributed by atoms with Crippen molar-refractivity contribution < 1.29 is 14.6 Å². The predicted octanol–water partition coefficient (Wildman–Crippen LogP) is 5.17. The van der Waals surface area contributed by atoms with Gasteiger partial charge in [0.1, 0.15) is 6.79 Å². The third-order valence-electron chi connectivity index (χ3n) is 6.51. The van der Waals surface area contributed by atoms with Crippen LogP contribution in [0.5, 0.6) is 0 Å².